The Morgan fingerprint density at radius 1 is 0.280 bits per heavy atom. The number of hydrogen-bond donors (Lipinski definition) is 1. The van der Waals surface area contributed by atoms with Gasteiger partial charge in [-0.15, -0.1) is 4.83 Å². The summed E-state index contributed by atoms with van der Waals surface area (Å²) in [7, 11) is -3.50. The van der Waals surface area contributed by atoms with E-state index < -0.39 is 10.0 Å². The molecule has 5 heterocycles. The average Bonchev–Trinajstić information content (AvgIpc) is 0.859. The van der Waals surface area contributed by atoms with Gasteiger partial charge in [0.1, 0.15) is 0 Å². The van der Waals surface area contributed by atoms with E-state index in [1.54, 1.807) is 29.3 Å². The number of nitrogens with zero attached hydrogens (tertiary/aromatic N) is 5. The summed E-state index contributed by atoms with van der Waals surface area (Å²) in [5, 5.41) is 1.76. The zero-order valence-corrected chi connectivity index (χ0v) is 59.0. The van der Waals surface area contributed by atoms with Crippen LogP contribution < -0.4 is 4.83 Å². The first-order chi connectivity index (χ1) is 48.5. The van der Waals surface area contributed by atoms with Gasteiger partial charge in [0, 0.05) is 87.7 Å². The number of aryl methyl sites for hydroxylation is 4. The second-order valence-corrected chi connectivity index (χ2v) is 28.6. The van der Waals surface area contributed by atoms with Crippen LogP contribution in [0.25, 0.3) is 0 Å². The van der Waals surface area contributed by atoms with Crippen LogP contribution in [0.4, 0.5) is 0 Å². The maximum Gasteiger partial charge on any atom is 0.253 e. The van der Waals surface area contributed by atoms with Crippen molar-refractivity contribution in [3.63, 3.8) is 0 Å². The molecule has 15 rings (SSSR count). The van der Waals surface area contributed by atoms with Gasteiger partial charge in [-0.1, -0.05) is 259 Å². The summed E-state index contributed by atoms with van der Waals surface area (Å²) >= 11 is 0. The van der Waals surface area contributed by atoms with Crippen LogP contribution in [0.15, 0.2) is 254 Å². The molecule has 100 heavy (non-hydrogen) atoms. The third-order valence-corrected chi connectivity index (χ3v) is 20.6. The lowest BCUT2D eigenvalue weighted by molar-refractivity contribution is 0.0913. The molecule has 0 unspecified atom stereocenters. The number of hydrogen-bond acceptors (Lipinski definition) is 11. The van der Waals surface area contributed by atoms with Crippen LogP contribution in [0.3, 0.4) is 0 Å². The quantitative estimate of drug-likeness (QED) is 0.0985. The maximum absolute atomic E-state index is 12.4. The molecule has 0 bridgehead atoms. The van der Waals surface area contributed by atoms with Gasteiger partial charge < -0.3 is 0 Å². The van der Waals surface area contributed by atoms with Gasteiger partial charge in [-0.25, -0.2) is 13.4 Å². The van der Waals surface area contributed by atoms with Gasteiger partial charge in [0.05, 0.1) is 31.1 Å². The zero-order chi connectivity index (χ0) is 69.8. The molecule has 0 spiro atoms. The van der Waals surface area contributed by atoms with Gasteiger partial charge in [0.15, 0.2) is 23.1 Å². The lowest BCUT2D eigenvalue weighted by Gasteiger charge is -2.28. The van der Waals surface area contributed by atoms with E-state index in [1.807, 2.05) is 149 Å². The lowest BCUT2D eigenvalue weighted by atomic mass is 9.99. The highest BCUT2D eigenvalue weighted by molar-refractivity contribution is 7.89. The van der Waals surface area contributed by atoms with E-state index in [0.717, 1.165) is 112 Å². The summed E-state index contributed by atoms with van der Waals surface area (Å²) in [5.41, 5.74) is 21.4. The minimum atomic E-state index is -3.50. The molecule has 5 aliphatic rings. The van der Waals surface area contributed by atoms with E-state index in [4.69, 9.17) is 0 Å². The van der Waals surface area contributed by atoms with Crippen molar-refractivity contribution in [2.24, 2.45) is 0 Å². The third-order valence-electron chi connectivity index (χ3n) is 19.2. The maximum atomic E-state index is 12.4. The molecule has 0 saturated carbocycles. The Morgan fingerprint density at radius 3 is 0.800 bits per heavy atom. The molecular weight excluding hydrogens is 1260 g/mol. The molecule has 13 heteroatoms. The Balaban J connectivity index is 0.000000126. The van der Waals surface area contributed by atoms with Crippen LogP contribution in [0.2, 0.25) is 0 Å². The van der Waals surface area contributed by atoms with Crippen LogP contribution in [0.1, 0.15) is 119 Å². The predicted molar refractivity (Wildman–Crippen MR) is 401 cm³/mol. The first-order valence-corrected chi connectivity index (χ1v) is 36.5. The summed E-state index contributed by atoms with van der Waals surface area (Å²) in [5.74, 6) is 0.845. The summed E-state index contributed by atoms with van der Waals surface area (Å²) < 4.78 is 24.7. The molecule has 0 fully saturated rings. The number of nitrogens with one attached hydrogen (secondary N) is 1. The number of rotatable bonds is 15. The first-order valence-electron chi connectivity index (χ1n) is 35.0. The van der Waals surface area contributed by atoms with Crippen LogP contribution in [0, 0.1) is 27.7 Å². The van der Waals surface area contributed by atoms with Gasteiger partial charge in [-0.05, 0) is 128 Å². The van der Waals surface area contributed by atoms with E-state index >= 15 is 0 Å². The van der Waals surface area contributed by atoms with Crippen molar-refractivity contribution in [2.45, 2.75) is 97.4 Å². The summed E-state index contributed by atoms with van der Waals surface area (Å²) in [6, 6.07) is 82.2. The van der Waals surface area contributed by atoms with Crippen molar-refractivity contribution in [3.8, 4) is 0 Å². The number of Topliss-reactive ketones (excluding diaryl/α,β-unsaturated/α-hetero) is 4. The van der Waals surface area contributed by atoms with E-state index in [9.17, 15) is 27.6 Å². The van der Waals surface area contributed by atoms with Crippen molar-refractivity contribution in [1.82, 2.24) is 29.4 Å². The first kappa shape index (κ1) is 71.9. The molecule has 5 aliphatic heterocycles. The second-order valence-electron chi connectivity index (χ2n) is 26.9. The van der Waals surface area contributed by atoms with Crippen LogP contribution in [-0.4, -0.2) is 115 Å². The Labute approximate surface area is 592 Å². The highest BCUT2D eigenvalue weighted by Crippen LogP contribution is 2.25. The minimum absolute atomic E-state index is 0.208. The average molecular weight is 1350 g/mol. The van der Waals surface area contributed by atoms with Crippen molar-refractivity contribution in [3.05, 3.63) is 349 Å². The van der Waals surface area contributed by atoms with Crippen molar-refractivity contribution in [2.75, 3.05) is 58.9 Å². The number of benzene rings is 10. The van der Waals surface area contributed by atoms with Gasteiger partial charge in [-0.3, -0.25) is 38.8 Å². The molecule has 12 nitrogen and oxygen atoms in total. The Morgan fingerprint density at radius 2 is 0.510 bits per heavy atom. The zero-order valence-electron chi connectivity index (χ0n) is 58.2. The highest BCUT2D eigenvalue weighted by Gasteiger charge is 2.25. The van der Waals surface area contributed by atoms with E-state index in [0.29, 0.717) is 44.2 Å². The summed E-state index contributed by atoms with van der Waals surface area (Å²) in [4.78, 5) is 61.0. The molecule has 512 valence electrons. The number of hydrazine groups is 1. The third kappa shape index (κ3) is 20.6. The van der Waals surface area contributed by atoms with Crippen LogP contribution in [-0.2, 0) is 74.9 Å². The number of carbonyl (C=O) groups is 4. The Kier molecular flexibility index (Phi) is 25.2. The number of ketones is 4. The van der Waals surface area contributed by atoms with Gasteiger partial charge in [0.2, 0.25) is 0 Å². The van der Waals surface area contributed by atoms with Crippen molar-refractivity contribution >= 4 is 33.2 Å². The predicted octanol–water partition coefficient (Wildman–Crippen LogP) is 14.9. The topological polar surface area (TPSA) is 131 Å². The molecular formula is C87H92N6O6S. The molecule has 10 aromatic rings. The molecule has 0 radical (unpaired) electrons. The van der Waals surface area contributed by atoms with E-state index in [2.05, 4.69) is 128 Å². The molecule has 0 aromatic heterocycles. The van der Waals surface area contributed by atoms with Crippen LogP contribution >= 0.6 is 0 Å². The van der Waals surface area contributed by atoms with Gasteiger partial charge >= 0.3 is 0 Å². The number of fused-ring (bicyclic) bond motifs is 5. The standard InChI is InChI=1S/3C18H19NO.C17H17NO.C16H18N2O2S/c3*1-14-6-8-16(9-7-14)18(20)13-19-11-10-15-4-2-3-5-17(15)12-19;19-17(15-7-2-1-3-8-15)13-18-11-10-14-6-4-5-9-16(14)12-18;1-13-6-8-16(9-7-13)21(19,20)17-18-11-10-14-4-2-3-5-15(14)12-18/h3*2-9H,10-13H2,1H3;1-9H,10-13H2;2-9,17H,10-12H2,1H3. The normalized spacial score (nSPS) is 15.0. The fourth-order valence-corrected chi connectivity index (χ4v) is 14.4. The highest BCUT2D eigenvalue weighted by atomic mass is 32.2. The number of sulfonamides is 1. The summed E-state index contributed by atoms with van der Waals surface area (Å²) in [6.45, 7) is 18.8. The van der Waals surface area contributed by atoms with E-state index in [-0.39, 0.29) is 23.1 Å². The lowest BCUT2D eigenvalue weighted by Crippen LogP contribution is -2.44. The van der Waals surface area contributed by atoms with E-state index in [1.165, 1.54) is 72.3 Å². The molecule has 0 amide bonds. The molecule has 0 atom stereocenters. The Hall–Kier alpha value is -9.41. The van der Waals surface area contributed by atoms with Crippen LogP contribution in [0.5, 0.6) is 0 Å². The smallest absolute Gasteiger partial charge is 0.253 e. The summed E-state index contributed by atoms with van der Waals surface area (Å²) in [6.07, 6.45) is 5.01. The largest absolute Gasteiger partial charge is 0.293 e. The molecule has 0 aliphatic carbocycles. The number of carbonyl (C=O) groups excluding carboxylic acids is 4. The fraction of sp³-hybridized carbons (Fsp3) is 0.264. The fourth-order valence-electron chi connectivity index (χ4n) is 13.3. The minimum Gasteiger partial charge on any atom is -0.293 e. The van der Waals surface area contributed by atoms with Gasteiger partial charge in [0.25, 0.3) is 10.0 Å². The van der Waals surface area contributed by atoms with Crippen molar-refractivity contribution in [1.29, 1.82) is 0 Å². The molecule has 0 saturated heterocycles. The second kappa shape index (κ2) is 35.1. The monoisotopic (exact) mass is 1350 g/mol. The SMILES string of the molecule is Cc1ccc(C(=O)CN2CCc3ccccc3C2)cc1.Cc1ccc(C(=O)CN2CCc3ccccc3C2)cc1.Cc1ccc(C(=O)CN2CCc3ccccc3C2)cc1.Cc1ccc(S(=O)(=O)NN2CCc3ccccc3C2)cc1.O=C(CN1CCc2ccccc2C1)c1ccccc1. The molecule has 10 aromatic carbocycles. The Bertz CT molecular complexity index is 4230. The van der Waals surface area contributed by atoms with Crippen molar-refractivity contribution < 1.29 is 27.6 Å². The molecule has 1 N–H and O–H groups in total. The van der Waals surface area contributed by atoms with Gasteiger partial charge in [-0.2, -0.15) is 0 Å².